The molecule has 4 saturated carbocycles. The van der Waals surface area contributed by atoms with E-state index in [9.17, 15) is 24.0 Å². The molecule has 4 amide bonds. The molecule has 46 heavy (non-hydrogen) atoms. The maximum absolute atomic E-state index is 14.5. The van der Waals surface area contributed by atoms with Gasteiger partial charge in [0.25, 0.3) is 5.91 Å². The summed E-state index contributed by atoms with van der Waals surface area (Å²) in [6.45, 7) is 16.8. The zero-order valence-corrected chi connectivity index (χ0v) is 28.8. The van der Waals surface area contributed by atoms with E-state index in [2.05, 4.69) is 57.1 Å². The van der Waals surface area contributed by atoms with Crippen molar-refractivity contribution < 1.29 is 28.7 Å². The van der Waals surface area contributed by atoms with Crippen LogP contribution in [-0.2, 0) is 23.9 Å². The van der Waals surface area contributed by atoms with E-state index in [1.54, 1.807) is 4.90 Å². The molecule has 0 aromatic heterocycles. The fourth-order valence-corrected chi connectivity index (χ4v) is 9.88. The molecule has 1 saturated heterocycles. The van der Waals surface area contributed by atoms with Crippen LogP contribution < -0.4 is 16.0 Å². The summed E-state index contributed by atoms with van der Waals surface area (Å²) in [7, 11) is 0. The van der Waals surface area contributed by atoms with Crippen LogP contribution in [0.15, 0.2) is 12.7 Å². The first-order valence-electron chi connectivity index (χ1n) is 17.7. The lowest BCUT2D eigenvalue weighted by atomic mass is 9.70. The molecule has 3 N–H and O–H groups in total. The van der Waals surface area contributed by atoms with Crippen LogP contribution in [0.2, 0.25) is 0 Å². The number of Topliss-reactive ketones (excluding diaryl/α,β-unsaturated/α-hetero) is 1. The van der Waals surface area contributed by atoms with Gasteiger partial charge in [0, 0.05) is 23.9 Å². The lowest BCUT2D eigenvalue weighted by molar-refractivity contribution is -0.145. The van der Waals surface area contributed by atoms with E-state index in [0.29, 0.717) is 25.3 Å². The summed E-state index contributed by atoms with van der Waals surface area (Å²) in [6, 6.07) is -2.58. The van der Waals surface area contributed by atoms with Crippen LogP contribution in [0.25, 0.3) is 0 Å². The summed E-state index contributed by atoms with van der Waals surface area (Å²) < 4.78 is 6.21. The lowest BCUT2D eigenvalue weighted by Gasteiger charge is -2.42. The number of carbonyl (C=O) groups excluding carboxylic acids is 5. The number of nitrogens with one attached hydrogen (secondary N) is 3. The Labute approximate surface area is 274 Å². The minimum atomic E-state index is -0.992. The molecule has 5 aliphatic rings. The molecule has 0 aromatic rings. The smallest absolute Gasteiger partial charge is 0.408 e. The second kappa shape index (κ2) is 12.9. The summed E-state index contributed by atoms with van der Waals surface area (Å²) in [5.74, 6) is -1.62. The van der Waals surface area contributed by atoms with Gasteiger partial charge < -0.3 is 25.6 Å². The molecule has 256 valence electrons. The number of carbonyl (C=O) groups is 5. The van der Waals surface area contributed by atoms with Gasteiger partial charge in [-0.1, -0.05) is 73.3 Å². The number of piperidine rings is 1. The fraction of sp³-hybridized carbons (Fsp3) is 0.806. The lowest BCUT2D eigenvalue weighted by Crippen LogP contribution is -2.60. The molecule has 8 atom stereocenters. The molecule has 1 aliphatic heterocycles. The maximum Gasteiger partial charge on any atom is 0.408 e. The van der Waals surface area contributed by atoms with Gasteiger partial charge in [0.2, 0.25) is 17.6 Å². The number of likely N-dealkylation sites (tertiary alicyclic amines) is 1. The van der Waals surface area contributed by atoms with Crippen LogP contribution in [0.3, 0.4) is 0 Å². The number of hydrogen-bond acceptors (Lipinski definition) is 6. The third-order valence-electron chi connectivity index (χ3n) is 12.6. The molecule has 2 bridgehead atoms. The highest BCUT2D eigenvalue weighted by Gasteiger charge is 2.70. The Morgan fingerprint density at radius 1 is 0.978 bits per heavy atom. The minimum Gasteiger partial charge on any atom is -0.445 e. The first kappa shape index (κ1) is 34.4. The largest absolute Gasteiger partial charge is 0.445 e. The second-order valence-corrected chi connectivity index (χ2v) is 16.3. The van der Waals surface area contributed by atoms with E-state index in [0.717, 1.165) is 51.4 Å². The second-order valence-electron chi connectivity index (χ2n) is 16.3. The van der Waals surface area contributed by atoms with E-state index < -0.39 is 41.8 Å². The number of fused-ring (bicyclic) bond motifs is 3. The molecular weight excluding hydrogens is 584 g/mol. The average Bonchev–Trinajstić information content (AvgIpc) is 3.40. The number of hydrogen-bond donors (Lipinski definition) is 3. The Bertz CT molecular complexity index is 1240. The Morgan fingerprint density at radius 2 is 1.67 bits per heavy atom. The van der Waals surface area contributed by atoms with Crippen LogP contribution in [0.4, 0.5) is 4.79 Å². The first-order valence-corrected chi connectivity index (χ1v) is 17.7. The van der Waals surface area contributed by atoms with E-state index in [4.69, 9.17) is 4.74 Å². The summed E-state index contributed by atoms with van der Waals surface area (Å²) in [5, 5.41) is 8.39. The number of nitrogens with zero attached hydrogens (tertiary/aromatic N) is 1. The molecule has 10 heteroatoms. The van der Waals surface area contributed by atoms with E-state index in [1.807, 2.05) is 6.92 Å². The Balaban J connectivity index is 1.35. The van der Waals surface area contributed by atoms with Crippen LogP contribution in [0.1, 0.15) is 106 Å². The molecule has 0 spiro atoms. The zero-order chi connectivity index (χ0) is 33.6. The molecule has 4 aliphatic carbocycles. The van der Waals surface area contributed by atoms with E-state index in [-0.39, 0.29) is 52.6 Å². The van der Waals surface area contributed by atoms with Crippen molar-refractivity contribution in [3.8, 4) is 0 Å². The van der Waals surface area contributed by atoms with Gasteiger partial charge >= 0.3 is 6.09 Å². The average molecular weight is 641 g/mol. The van der Waals surface area contributed by atoms with Crippen LogP contribution >= 0.6 is 0 Å². The Hall–Kier alpha value is -2.91. The van der Waals surface area contributed by atoms with Gasteiger partial charge in [-0.05, 0) is 67.6 Å². The highest BCUT2D eigenvalue weighted by atomic mass is 16.6. The first-order chi connectivity index (χ1) is 21.7. The van der Waals surface area contributed by atoms with Gasteiger partial charge in [-0.25, -0.2) is 4.79 Å². The molecule has 5 unspecified atom stereocenters. The molecule has 5 fully saturated rings. The maximum atomic E-state index is 14.5. The standard InChI is InChI=1S/C36H56N4O6/c1-8-13-24(28(41)30(43)37-18-9-2)38-29(42)27-25-23(35(25,5)6)20-40(27)31(44)26(21-14-11-10-12-15-21)39-33(45)46-32-34(3,4)22-16-17-36(32,7)19-22/h9,21-27,32H,2,8,10-20H2,1,3-7H3,(H,37,43)(H,38,42)(H,39,45)/t22?,23-,24?,25-,26?,27-,32?,36?/m0/s1. The molecule has 0 aromatic carbocycles. The Morgan fingerprint density at radius 3 is 2.28 bits per heavy atom. The number of alkyl carbamates (subject to hydrolysis) is 1. The van der Waals surface area contributed by atoms with Crippen molar-refractivity contribution in [1.82, 2.24) is 20.9 Å². The van der Waals surface area contributed by atoms with Gasteiger partial charge in [0.1, 0.15) is 18.2 Å². The van der Waals surface area contributed by atoms with Gasteiger partial charge in [0.05, 0.1) is 6.04 Å². The molecule has 1 heterocycles. The van der Waals surface area contributed by atoms with Gasteiger partial charge in [0.15, 0.2) is 0 Å². The van der Waals surface area contributed by atoms with Crippen molar-refractivity contribution in [1.29, 1.82) is 0 Å². The van der Waals surface area contributed by atoms with Crippen LogP contribution in [0.5, 0.6) is 0 Å². The van der Waals surface area contributed by atoms with Crippen molar-refractivity contribution in [2.75, 3.05) is 13.1 Å². The number of ether oxygens (including phenoxy) is 1. The molecular formula is C36H56N4O6. The van der Waals surface area contributed by atoms with E-state index >= 15 is 0 Å². The van der Waals surface area contributed by atoms with Crippen molar-refractivity contribution >= 4 is 29.6 Å². The van der Waals surface area contributed by atoms with Crippen molar-refractivity contribution in [2.45, 2.75) is 130 Å². The SMILES string of the molecule is C=CCNC(=O)C(=O)C(CCC)NC(=O)[C@@H]1[C@@H]2[C@H](CN1C(=O)C(NC(=O)OC1C3(C)CCC(C3)C1(C)C)C1CCCCC1)C2(C)C. The monoisotopic (exact) mass is 640 g/mol. The predicted octanol–water partition coefficient (Wildman–Crippen LogP) is 4.52. The van der Waals surface area contributed by atoms with Crippen LogP contribution in [0, 0.1) is 39.9 Å². The van der Waals surface area contributed by atoms with Gasteiger partial charge in [-0.3, -0.25) is 19.2 Å². The van der Waals surface area contributed by atoms with Crippen molar-refractivity contribution in [3.63, 3.8) is 0 Å². The normalized spacial score (nSPS) is 33.3. The van der Waals surface area contributed by atoms with Gasteiger partial charge in [-0.2, -0.15) is 0 Å². The third kappa shape index (κ3) is 6.21. The number of rotatable bonds is 12. The van der Waals surface area contributed by atoms with E-state index in [1.165, 1.54) is 6.08 Å². The summed E-state index contributed by atoms with van der Waals surface area (Å²) >= 11 is 0. The van der Waals surface area contributed by atoms with Crippen molar-refractivity contribution in [2.24, 2.45) is 39.9 Å². The summed E-state index contributed by atoms with van der Waals surface area (Å²) in [6.07, 6.45) is 9.53. The van der Waals surface area contributed by atoms with Crippen molar-refractivity contribution in [3.05, 3.63) is 12.7 Å². The summed E-state index contributed by atoms with van der Waals surface area (Å²) in [5.41, 5.74) is -0.329. The highest BCUT2D eigenvalue weighted by molar-refractivity contribution is 6.38. The predicted molar refractivity (Wildman–Crippen MR) is 174 cm³/mol. The molecule has 0 radical (unpaired) electrons. The highest BCUT2D eigenvalue weighted by Crippen LogP contribution is 2.65. The van der Waals surface area contributed by atoms with Gasteiger partial charge in [-0.15, -0.1) is 6.58 Å². The Kier molecular flexibility index (Phi) is 9.69. The zero-order valence-electron chi connectivity index (χ0n) is 28.8. The topological polar surface area (TPSA) is 134 Å². The van der Waals surface area contributed by atoms with Crippen LogP contribution in [-0.4, -0.2) is 71.8 Å². The number of amides is 4. The quantitative estimate of drug-likeness (QED) is 0.212. The molecule has 10 nitrogen and oxygen atoms in total. The number of ketones is 1. The summed E-state index contributed by atoms with van der Waals surface area (Å²) in [4.78, 5) is 69.3. The fourth-order valence-electron chi connectivity index (χ4n) is 9.88. The molecule has 5 rings (SSSR count). The minimum absolute atomic E-state index is 0.0472. The third-order valence-corrected chi connectivity index (χ3v) is 12.6.